The fourth-order valence-electron chi connectivity index (χ4n) is 4.39. The quantitative estimate of drug-likeness (QED) is 0.401. The number of halogens is 5. The predicted octanol–water partition coefficient (Wildman–Crippen LogP) is 4.54. The molecule has 12 heteroatoms. The molecule has 0 amide bonds. The molecule has 3 aromatic rings. The van der Waals surface area contributed by atoms with Gasteiger partial charge in [0.1, 0.15) is 11.5 Å². The van der Waals surface area contributed by atoms with Gasteiger partial charge in [-0.25, -0.2) is 26.9 Å². The summed E-state index contributed by atoms with van der Waals surface area (Å²) in [6.07, 6.45) is 3.96. The highest BCUT2D eigenvalue weighted by Gasteiger charge is 2.35. The van der Waals surface area contributed by atoms with Crippen LogP contribution >= 0.6 is 0 Å². The zero-order chi connectivity index (χ0) is 24.7. The Morgan fingerprint density at radius 3 is 2.69 bits per heavy atom. The molecule has 0 unspecified atom stereocenters. The number of H-pyrrole nitrogens is 1. The molecular formula is C23H21F5N6O. The number of aromatic nitrogens is 4. The van der Waals surface area contributed by atoms with Crippen molar-refractivity contribution < 1.29 is 26.7 Å². The van der Waals surface area contributed by atoms with Gasteiger partial charge in [-0.05, 0) is 23.6 Å². The lowest BCUT2D eigenvalue weighted by Gasteiger charge is -2.21. The second kappa shape index (κ2) is 8.91. The molecule has 3 N–H and O–H groups in total. The van der Waals surface area contributed by atoms with E-state index in [1.165, 1.54) is 24.5 Å². The van der Waals surface area contributed by atoms with Crippen LogP contribution in [0.3, 0.4) is 0 Å². The number of hydrogen-bond donors (Lipinski definition) is 2. The molecule has 184 valence electrons. The molecule has 1 aromatic carbocycles. The third kappa shape index (κ3) is 4.70. The lowest BCUT2D eigenvalue weighted by atomic mass is 9.94. The van der Waals surface area contributed by atoms with E-state index >= 15 is 0 Å². The first-order chi connectivity index (χ1) is 16.7. The highest BCUT2D eigenvalue weighted by molar-refractivity contribution is 5.68. The minimum atomic E-state index is -2.72. The predicted molar refractivity (Wildman–Crippen MR) is 117 cm³/mol. The molecule has 1 saturated heterocycles. The first kappa shape index (κ1) is 23.2. The standard InChI is InChI=1S/C23H21F5N6O/c24-15-8-17(26)16(25)7-13(15)14-10-34(11-18(14)29)22-30-6-3-20(32-22)35-19-9-31-33-21(19)12-1-4-23(27,28)5-2-12/h1,3,6-9,14,18H,2,4-5,10-11,29H2,(H,31,33)/t14-,18+/m1/s1. The smallest absolute Gasteiger partial charge is 0.251 e. The average Bonchev–Trinajstić information content (AvgIpc) is 3.43. The van der Waals surface area contributed by atoms with Crippen molar-refractivity contribution in [2.45, 2.75) is 37.1 Å². The Balaban J connectivity index is 1.34. The van der Waals surface area contributed by atoms with Gasteiger partial charge in [-0.1, -0.05) is 6.08 Å². The maximum absolute atomic E-state index is 14.3. The number of aromatic amines is 1. The summed E-state index contributed by atoms with van der Waals surface area (Å²) in [6.45, 7) is 0.440. The van der Waals surface area contributed by atoms with Crippen LogP contribution in [0.2, 0.25) is 0 Å². The lowest BCUT2D eigenvalue weighted by Crippen LogP contribution is -2.29. The van der Waals surface area contributed by atoms with Gasteiger partial charge in [0, 0.05) is 56.2 Å². The first-order valence-electron chi connectivity index (χ1n) is 11.0. The molecule has 5 rings (SSSR count). The summed E-state index contributed by atoms with van der Waals surface area (Å²) in [5.41, 5.74) is 7.25. The molecule has 0 bridgehead atoms. The molecule has 1 aliphatic carbocycles. The third-order valence-corrected chi connectivity index (χ3v) is 6.24. The van der Waals surface area contributed by atoms with Gasteiger partial charge in [-0.3, -0.25) is 5.10 Å². The lowest BCUT2D eigenvalue weighted by molar-refractivity contribution is -0.00607. The van der Waals surface area contributed by atoms with Crippen molar-refractivity contribution in [1.82, 2.24) is 20.2 Å². The number of nitrogens with one attached hydrogen (secondary N) is 1. The van der Waals surface area contributed by atoms with Crippen molar-refractivity contribution >= 4 is 11.5 Å². The molecule has 3 heterocycles. The Bertz CT molecular complexity index is 1280. The average molecular weight is 492 g/mol. The zero-order valence-corrected chi connectivity index (χ0v) is 18.3. The number of rotatable bonds is 5. The summed E-state index contributed by atoms with van der Waals surface area (Å²) in [4.78, 5) is 10.3. The van der Waals surface area contributed by atoms with Gasteiger partial charge in [0.05, 0.1) is 6.20 Å². The highest BCUT2D eigenvalue weighted by Crippen LogP contribution is 2.39. The number of allylic oxidation sites excluding steroid dienone is 2. The van der Waals surface area contributed by atoms with Crippen molar-refractivity contribution in [1.29, 1.82) is 0 Å². The normalized spacial score (nSPS) is 21.8. The molecule has 2 aromatic heterocycles. The van der Waals surface area contributed by atoms with Crippen LogP contribution in [0.25, 0.3) is 5.57 Å². The van der Waals surface area contributed by atoms with Gasteiger partial charge in [0.2, 0.25) is 11.8 Å². The van der Waals surface area contributed by atoms with Gasteiger partial charge in [-0.2, -0.15) is 10.1 Å². The van der Waals surface area contributed by atoms with E-state index in [0.29, 0.717) is 23.1 Å². The van der Waals surface area contributed by atoms with Crippen LogP contribution in [0.5, 0.6) is 11.6 Å². The fourth-order valence-corrected chi connectivity index (χ4v) is 4.39. The number of nitrogens with zero attached hydrogens (tertiary/aromatic N) is 4. The van der Waals surface area contributed by atoms with E-state index in [4.69, 9.17) is 10.5 Å². The van der Waals surface area contributed by atoms with Crippen molar-refractivity contribution in [3.05, 3.63) is 65.4 Å². The minimum absolute atomic E-state index is 0.0133. The molecular weight excluding hydrogens is 471 g/mol. The number of anilines is 1. The second-order valence-corrected chi connectivity index (χ2v) is 8.65. The summed E-state index contributed by atoms with van der Waals surface area (Å²) in [5.74, 6) is -5.85. The van der Waals surface area contributed by atoms with Crippen LogP contribution in [-0.2, 0) is 0 Å². The van der Waals surface area contributed by atoms with E-state index < -0.39 is 35.3 Å². The summed E-state index contributed by atoms with van der Waals surface area (Å²) in [6, 6.07) is 2.29. The Kier molecular flexibility index (Phi) is 5.91. The summed E-state index contributed by atoms with van der Waals surface area (Å²) >= 11 is 0. The highest BCUT2D eigenvalue weighted by atomic mass is 19.3. The van der Waals surface area contributed by atoms with Crippen LogP contribution in [0.4, 0.5) is 27.9 Å². The van der Waals surface area contributed by atoms with E-state index in [-0.39, 0.29) is 49.7 Å². The van der Waals surface area contributed by atoms with Gasteiger partial charge in [-0.15, -0.1) is 0 Å². The van der Waals surface area contributed by atoms with Crippen molar-refractivity contribution in [3.8, 4) is 11.6 Å². The van der Waals surface area contributed by atoms with Crippen LogP contribution < -0.4 is 15.4 Å². The Labute approximate surface area is 196 Å². The van der Waals surface area contributed by atoms with Crippen LogP contribution in [0, 0.1) is 17.5 Å². The largest absolute Gasteiger partial charge is 0.435 e. The summed E-state index contributed by atoms with van der Waals surface area (Å²) in [5, 5.41) is 6.82. The number of benzene rings is 1. The molecule has 0 radical (unpaired) electrons. The van der Waals surface area contributed by atoms with Crippen LogP contribution in [0.15, 0.2) is 36.7 Å². The molecule has 0 saturated carbocycles. The zero-order valence-electron chi connectivity index (χ0n) is 18.3. The number of ether oxygens (including phenoxy) is 1. The van der Waals surface area contributed by atoms with Gasteiger partial charge < -0.3 is 15.4 Å². The third-order valence-electron chi connectivity index (χ3n) is 6.24. The van der Waals surface area contributed by atoms with Gasteiger partial charge in [0.25, 0.3) is 5.92 Å². The summed E-state index contributed by atoms with van der Waals surface area (Å²) in [7, 11) is 0. The van der Waals surface area contributed by atoms with E-state index in [9.17, 15) is 22.0 Å². The van der Waals surface area contributed by atoms with Gasteiger partial charge >= 0.3 is 0 Å². The maximum Gasteiger partial charge on any atom is 0.251 e. The van der Waals surface area contributed by atoms with E-state index in [2.05, 4.69) is 20.2 Å². The summed E-state index contributed by atoms with van der Waals surface area (Å²) < 4.78 is 74.2. The van der Waals surface area contributed by atoms with Crippen molar-refractivity contribution in [2.75, 3.05) is 18.0 Å². The molecule has 35 heavy (non-hydrogen) atoms. The molecule has 2 atom stereocenters. The second-order valence-electron chi connectivity index (χ2n) is 8.65. The Morgan fingerprint density at radius 2 is 1.91 bits per heavy atom. The van der Waals surface area contributed by atoms with E-state index in [1.807, 2.05) is 0 Å². The first-order valence-corrected chi connectivity index (χ1v) is 11.0. The topological polar surface area (TPSA) is 92.9 Å². The molecule has 7 nitrogen and oxygen atoms in total. The fraction of sp³-hybridized carbons (Fsp3) is 0.348. The number of hydrogen-bond acceptors (Lipinski definition) is 6. The van der Waals surface area contributed by atoms with E-state index in [0.717, 1.165) is 6.07 Å². The monoisotopic (exact) mass is 492 g/mol. The minimum Gasteiger partial charge on any atom is -0.435 e. The number of nitrogens with two attached hydrogens (primary N) is 1. The molecule has 0 spiro atoms. The van der Waals surface area contributed by atoms with Crippen molar-refractivity contribution in [2.24, 2.45) is 5.73 Å². The Morgan fingerprint density at radius 1 is 1.11 bits per heavy atom. The van der Waals surface area contributed by atoms with E-state index in [1.54, 1.807) is 4.90 Å². The van der Waals surface area contributed by atoms with Crippen molar-refractivity contribution in [3.63, 3.8) is 0 Å². The molecule has 1 fully saturated rings. The van der Waals surface area contributed by atoms with Crippen LogP contribution in [-0.4, -0.2) is 45.2 Å². The number of alkyl halides is 2. The van der Waals surface area contributed by atoms with Gasteiger partial charge in [0.15, 0.2) is 17.4 Å². The maximum atomic E-state index is 14.3. The molecule has 2 aliphatic rings. The molecule has 1 aliphatic heterocycles. The van der Waals surface area contributed by atoms with Crippen LogP contribution in [0.1, 0.15) is 36.4 Å². The Hall–Kier alpha value is -3.54. The SMILES string of the molecule is N[C@H]1CN(c2nccc(Oc3c[nH]nc3C3=CCC(F)(F)CC3)n2)C[C@@H]1c1cc(F)c(F)cc1F.